The second-order valence-corrected chi connectivity index (χ2v) is 13.5. The predicted octanol–water partition coefficient (Wildman–Crippen LogP) is 3.78. The molecule has 0 radical (unpaired) electrons. The monoisotopic (exact) mass is 494 g/mol. The van der Waals surface area contributed by atoms with Crippen LogP contribution < -0.4 is 0 Å². The van der Waals surface area contributed by atoms with E-state index in [0.29, 0.717) is 30.8 Å². The van der Waals surface area contributed by atoms with Crippen LogP contribution in [0.15, 0.2) is 0 Å². The Balaban J connectivity index is 1.57. The lowest BCUT2D eigenvalue weighted by atomic mass is 9.48. The lowest BCUT2D eigenvalue weighted by Gasteiger charge is -2.56. The standard InChI is InChI=1S/C29H50O6/c1-7-17(15(2)3)26(33)25(32)16(4)19-8-9-20-18-14-35-27(34)22-12-23(30)24(31)13-29(22,6)21(18)10-11-28(19,20)5/h15-26,30-33H,7-14H2,1-6H3/t16-,17-,18-,19+,20-,21-,22+,23-,24+,25+,26+,28+,29+/m0/s1. The molecule has 1 aliphatic heterocycles. The number of fused-ring (bicyclic) bond motifs is 5. The summed E-state index contributed by atoms with van der Waals surface area (Å²) in [5.41, 5.74) is -0.348. The first kappa shape index (κ1) is 27.3. The van der Waals surface area contributed by atoms with Gasteiger partial charge >= 0.3 is 5.97 Å². The van der Waals surface area contributed by atoms with Gasteiger partial charge in [0.2, 0.25) is 0 Å². The van der Waals surface area contributed by atoms with Gasteiger partial charge in [0.05, 0.1) is 36.9 Å². The predicted molar refractivity (Wildman–Crippen MR) is 134 cm³/mol. The molecule has 0 bridgehead atoms. The Hall–Kier alpha value is -0.690. The van der Waals surface area contributed by atoms with Crippen LogP contribution >= 0.6 is 0 Å². The number of hydrogen-bond acceptors (Lipinski definition) is 6. The number of carbonyl (C=O) groups is 1. The summed E-state index contributed by atoms with van der Waals surface area (Å²) in [6.07, 6.45) is 2.49. The van der Waals surface area contributed by atoms with Crippen LogP contribution in [-0.4, -0.2) is 57.4 Å². The normalized spacial score (nSPS) is 47.1. The molecule has 0 amide bonds. The molecular formula is C29H50O6. The summed E-state index contributed by atoms with van der Waals surface area (Å²) >= 11 is 0. The molecule has 4 rings (SSSR count). The van der Waals surface area contributed by atoms with Crippen LogP contribution in [-0.2, 0) is 9.53 Å². The van der Waals surface area contributed by atoms with Gasteiger partial charge in [0.15, 0.2) is 0 Å². The number of ether oxygens (including phenoxy) is 1. The molecule has 0 unspecified atom stereocenters. The average Bonchev–Trinajstić information content (AvgIpc) is 3.11. The van der Waals surface area contributed by atoms with Crippen molar-refractivity contribution in [2.45, 2.75) is 111 Å². The van der Waals surface area contributed by atoms with Crippen molar-refractivity contribution in [3.63, 3.8) is 0 Å². The molecule has 13 atom stereocenters. The zero-order valence-electron chi connectivity index (χ0n) is 22.7. The second-order valence-electron chi connectivity index (χ2n) is 13.5. The highest BCUT2D eigenvalue weighted by atomic mass is 16.5. The molecule has 4 aliphatic rings. The van der Waals surface area contributed by atoms with Gasteiger partial charge in [-0.05, 0) is 90.8 Å². The molecule has 0 spiro atoms. The van der Waals surface area contributed by atoms with Crippen LogP contribution in [0.5, 0.6) is 0 Å². The maximum atomic E-state index is 13.0. The molecule has 6 heteroatoms. The fourth-order valence-electron chi connectivity index (χ4n) is 9.60. The number of cyclic esters (lactones) is 1. The Morgan fingerprint density at radius 3 is 2.26 bits per heavy atom. The molecule has 4 N–H and O–H groups in total. The van der Waals surface area contributed by atoms with Crippen molar-refractivity contribution in [2.24, 2.45) is 58.2 Å². The first-order chi connectivity index (χ1) is 16.4. The van der Waals surface area contributed by atoms with E-state index < -0.39 is 24.4 Å². The van der Waals surface area contributed by atoms with Gasteiger partial charge in [-0.2, -0.15) is 0 Å². The Morgan fingerprint density at radius 1 is 0.971 bits per heavy atom. The van der Waals surface area contributed by atoms with E-state index in [4.69, 9.17) is 4.74 Å². The lowest BCUT2D eigenvalue weighted by molar-refractivity contribution is -0.162. The number of hydrogen-bond donors (Lipinski definition) is 4. The SMILES string of the molecule is CC[C@@H](C(C)C)[C@@H](O)[C@H](O)[C@@H](C)[C@H]1CC[C@H]2[C@@H]3COC(=O)[C@H]4C[C@H](O)[C@H](O)C[C@]4(C)[C@H]3CC[C@]12C. The van der Waals surface area contributed by atoms with Crippen molar-refractivity contribution < 1.29 is 30.0 Å². The number of carbonyl (C=O) groups excluding carboxylic acids is 1. The molecule has 1 saturated heterocycles. The van der Waals surface area contributed by atoms with E-state index in [1.54, 1.807) is 0 Å². The van der Waals surface area contributed by atoms with Crippen molar-refractivity contribution in [3.8, 4) is 0 Å². The minimum atomic E-state index is -0.867. The molecule has 35 heavy (non-hydrogen) atoms. The van der Waals surface area contributed by atoms with E-state index in [2.05, 4.69) is 41.5 Å². The van der Waals surface area contributed by atoms with Crippen LogP contribution in [0, 0.1) is 58.2 Å². The molecular weight excluding hydrogens is 444 g/mol. The van der Waals surface area contributed by atoms with E-state index in [1.807, 2.05) is 0 Å². The maximum Gasteiger partial charge on any atom is 0.309 e. The number of rotatable bonds is 6. The number of aliphatic hydroxyl groups excluding tert-OH is 4. The zero-order valence-corrected chi connectivity index (χ0v) is 22.7. The first-order valence-corrected chi connectivity index (χ1v) is 14.3. The fourth-order valence-corrected chi connectivity index (χ4v) is 9.60. The Morgan fingerprint density at radius 2 is 1.63 bits per heavy atom. The van der Waals surface area contributed by atoms with Crippen LogP contribution in [0.1, 0.15) is 86.5 Å². The smallest absolute Gasteiger partial charge is 0.309 e. The second kappa shape index (κ2) is 9.89. The topological polar surface area (TPSA) is 107 Å². The van der Waals surface area contributed by atoms with Gasteiger partial charge in [-0.3, -0.25) is 4.79 Å². The van der Waals surface area contributed by atoms with Gasteiger partial charge in [-0.1, -0.05) is 48.0 Å². The number of esters is 1. The van der Waals surface area contributed by atoms with E-state index >= 15 is 0 Å². The van der Waals surface area contributed by atoms with Crippen molar-refractivity contribution in [3.05, 3.63) is 0 Å². The van der Waals surface area contributed by atoms with Crippen molar-refractivity contribution in [1.29, 1.82) is 0 Å². The maximum absolute atomic E-state index is 13.0. The largest absolute Gasteiger partial charge is 0.465 e. The molecule has 1 heterocycles. The summed E-state index contributed by atoms with van der Waals surface area (Å²) in [5.74, 6) is 1.01. The quantitative estimate of drug-likeness (QED) is 0.419. The van der Waals surface area contributed by atoms with Gasteiger partial charge in [-0.25, -0.2) is 0 Å². The molecule has 3 saturated carbocycles. The number of aliphatic hydroxyl groups is 4. The molecule has 6 nitrogen and oxygen atoms in total. The third-order valence-electron chi connectivity index (χ3n) is 11.7. The van der Waals surface area contributed by atoms with Crippen LogP contribution in [0.25, 0.3) is 0 Å². The van der Waals surface area contributed by atoms with Crippen LogP contribution in [0.3, 0.4) is 0 Å². The Bertz CT molecular complexity index is 770. The zero-order chi connectivity index (χ0) is 25.9. The summed E-state index contributed by atoms with van der Waals surface area (Å²) in [5, 5.41) is 43.2. The van der Waals surface area contributed by atoms with E-state index in [9.17, 15) is 25.2 Å². The van der Waals surface area contributed by atoms with Crippen LogP contribution in [0.2, 0.25) is 0 Å². The van der Waals surface area contributed by atoms with Gasteiger partial charge in [-0.15, -0.1) is 0 Å². The van der Waals surface area contributed by atoms with Crippen molar-refractivity contribution in [2.75, 3.05) is 6.61 Å². The molecule has 202 valence electrons. The fraction of sp³-hybridized carbons (Fsp3) is 0.966. The average molecular weight is 495 g/mol. The van der Waals surface area contributed by atoms with E-state index in [0.717, 1.165) is 32.1 Å². The van der Waals surface area contributed by atoms with Gasteiger partial charge in [0.1, 0.15) is 0 Å². The summed E-state index contributed by atoms with van der Waals surface area (Å²) in [7, 11) is 0. The Labute approximate surface area is 211 Å². The van der Waals surface area contributed by atoms with Gasteiger partial charge in [0.25, 0.3) is 0 Å². The summed E-state index contributed by atoms with van der Waals surface area (Å²) in [6, 6.07) is 0. The molecule has 4 fully saturated rings. The summed E-state index contributed by atoms with van der Waals surface area (Å²) < 4.78 is 5.88. The van der Waals surface area contributed by atoms with Crippen LogP contribution in [0.4, 0.5) is 0 Å². The highest BCUT2D eigenvalue weighted by Gasteiger charge is 2.63. The highest BCUT2D eigenvalue weighted by Crippen LogP contribution is 2.66. The van der Waals surface area contributed by atoms with Crippen molar-refractivity contribution in [1.82, 2.24) is 0 Å². The third kappa shape index (κ3) is 4.38. The minimum absolute atomic E-state index is 0.00679. The van der Waals surface area contributed by atoms with Gasteiger partial charge in [0, 0.05) is 0 Å². The molecule has 0 aromatic rings. The third-order valence-corrected chi connectivity index (χ3v) is 11.7. The molecule has 0 aromatic carbocycles. The van der Waals surface area contributed by atoms with E-state index in [1.165, 1.54) is 0 Å². The first-order valence-electron chi connectivity index (χ1n) is 14.3. The van der Waals surface area contributed by atoms with Gasteiger partial charge < -0.3 is 25.2 Å². The molecule has 3 aliphatic carbocycles. The minimum Gasteiger partial charge on any atom is -0.465 e. The van der Waals surface area contributed by atoms with E-state index in [-0.39, 0.29) is 52.8 Å². The highest BCUT2D eigenvalue weighted by molar-refractivity contribution is 5.74. The Kier molecular flexibility index (Phi) is 7.72. The molecule has 0 aromatic heterocycles. The summed E-state index contributed by atoms with van der Waals surface area (Å²) in [4.78, 5) is 13.0. The van der Waals surface area contributed by atoms with Crippen molar-refractivity contribution >= 4 is 5.97 Å². The summed E-state index contributed by atoms with van der Waals surface area (Å²) in [6.45, 7) is 13.4. The lowest BCUT2D eigenvalue weighted by Crippen LogP contribution is -2.55.